The topological polar surface area (TPSA) is 96.7 Å². The molecule has 3 aliphatic rings. The highest BCUT2D eigenvalue weighted by Gasteiger charge is 2.46. The van der Waals surface area contributed by atoms with Crippen LogP contribution in [0.25, 0.3) is 0 Å². The number of oxazole rings is 1. The molecular weight excluding hydrogens is 420 g/mol. The minimum atomic E-state index is -0.511. The molecule has 0 radical (unpaired) electrons. The molecule has 0 bridgehead atoms. The SMILES string of the molecule is CCOc1ccccc1[C@@H]1C2=C(CNC2=O)N[C@@H]2CCCC[C@H]2N1C(=O)CCc1ncco1. The standard InChI is InChI=1S/C25H30N4O4/c1-2-32-20-10-6-3-7-16(20)24-23-18(15-27-25(23)31)28-17-8-4-5-9-19(17)29(24)22(30)12-11-21-26-13-14-33-21/h3,6-7,10,13-14,17,19,24,28H,2,4-5,8-9,11-12,15H2,1H3,(H,27,31)/t17-,19-,24-/m1/s1. The normalized spacial score (nSPS) is 24.5. The summed E-state index contributed by atoms with van der Waals surface area (Å²) in [5.41, 5.74) is 2.37. The van der Waals surface area contributed by atoms with Gasteiger partial charge in [-0.05, 0) is 25.8 Å². The third-order valence-electron chi connectivity index (χ3n) is 6.83. The third kappa shape index (κ3) is 4.10. The summed E-state index contributed by atoms with van der Waals surface area (Å²) in [5.74, 6) is 1.12. The highest BCUT2D eigenvalue weighted by Crippen LogP contribution is 2.43. The van der Waals surface area contributed by atoms with Gasteiger partial charge in [0.25, 0.3) is 5.91 Å². The number of nitrogens with zero attached hydrogens (tertiary/aromatic N) is 2. The zero-order valence-corrected chi connectivity index (χ0v) is 18.9. The summed E-state index contributed by atoms with van der Waals surface area (Å²) in [5, 5.41) is 6.62. The van der Waals surface area contributed by atoms with Crippen LogP contribution in [0.1, 0.15) is 56.5 Å². The Hall–Kier alpha value is -3.29. The molecule has 2 amide bonds. The first-order valence-electron chi connectivity index (χ1n) is 11.9. The highest BCUT2D eigenvalue weighted by atomic mass is 16.5. The van der Waals surface area contributed by atoms with E-state index in [1.807, 2.05) is 36.1 Å². The molecule has 0 spiro atoms. The first kappa shape index (κ1) is 21.6. The zero-order valence-electron chi connectivity index (χ0n) is 18.9. The first-order chi connectivity index (χ1) is 16.2. The molecule has 1 aromatic heterocycles. The number of ether oxygens (including phenoxy) is 1. The molecule has 1 aliphatic carbocycles. The Morgan fingerprint density at radius 1 is 1.27 bits per heavy atom. The van der Waals surface area contributed by atoms with E-state index < -0.39 is 6.04 Å². The molecule has 3 heterocycles. The molecule has 2 N–H and O–H groups in total. The Morgan fingerprint density at radius 2 is 2.12 bits per heavy atom. The van der Waals surface area contributed by atoms with Crippen molar-refractivity contribution in [1.82, 2.24) is 20.5 Å². The van der Waals surface area contributed by atoms with E-state index in [1.54, 1.807) is 6.20 Å². The van der Waals surface area contributed by atoms with Gasteiger partial charge in [-0.3, -0.25) is 9.59 Å². The monoisotopic (exact) mass is 450 g/mol. The maximum atomic E-state index is 13.9. The van der Waals surface area contributed by atoms with Crippen LogP contribution < -0.4 is 15.4 Å². The third-order valence-corrected chi connectivity index (χ3v) is 6.83. The Morgan fingerprint density at radius 3 is 2.94 bits per heavy atom. The van der Waals surface area contributed by atoms with Crippen LogP contribution in [0.4, 0.5) is 0 Å². The van der Waals surface area contributed by atoms with E-state index in [2.05, 4.69) is 15.6 Å². The van der Waals surface area contributed by atoms with Crippen LogP contribution in [0.3, 0.4) is 0 Å². The van der Waals surface area contributed by atoms with Gasteiger partial charge in [0.05, 0.1) is 37.0 Å². The summed E-state index contributed by atoms with van der Waals surface area (Å²) in [6.45, 7) is 2.90. The number of para-hydroxylation sites is 1. The molecule has 8 nitrogen and oxygen atoms in total. The van der Waals surface area contributed by atoms with Gasteiger partial charge in [-0.1, -0.05) is 31.0 Å². The van der Waals surface area contributed by atoms with Crippen molar-refractivity contribution in [3.63, 3.8) is 0 Å². The fraction of sp³-hybridized carbons (Fsp3) is 0.480. The maximum Gasteiger partial charge on any atom is 0.251 e. The average molecular weight is 451 g/mol. The van der Waals surface area contributed by atoms with Crippen molar-refractivity contribution in [3.8, 4) is 5.75 Å². The van der Waals surface area contributed by atoms with Crippen LogP contribution in [-0.2, 0) is 16.0 Å². The lowest BCUT2D eigenvalue weighted by atomic mass is 9.87. The fourth-order valence-corrected chi connectivity index (χ4v) is 5.43. The lowest BCUT2D eigenvalue weighted by molar-refractivity contribution is -0.137. The number of carbonyl (C=O) groups is 2. The van der Waals surface area contributed by atoms with Gasteiger partial charge in [0.1, 0.15) is 12.0 Å². The largest absolute Gasteiger partial charge is 0.494 e. The van der Waals surface area contributed by atoms with Crippen molar-refractivity contribution in [2.45, 2.75) is 63.6 Å². The van der Waals surface area contributed by atoms with Crippen molar-refractivity contribution in [1.29, 1.82) is 0 Å². The molecular formula is C25H30N4O4. The number of fused-ring (bicyclic) bond motifs is 1. The van der Waals surface area contributed by atoms with E-state index >= 15 is 0 Å². The maximum absolute atomic E-state index is 13.9. The van der Waals surface area contributed by atoms with Crippen LogP contribution >= 0.6 is 0 Å². The number of nitrogens with one attached hydrogen (secondary N) is 2. The molecule has 2 aliphatic heterocycles. The van der Waals surface area contributed by atoms with Gasteiger partial charge in [-0.15, -0.1) is 0 Å². The molecule has 33 heavy (non-hydrogen) atoms. The summed E-state index contributed by atoms with van der Waals surface area (Å²) >= 11 is 0. The Kier molecular flexibility index (Phi) is 6.07. The lowest BCUT2D eigenvalue weighted by Gasteiger charge is -2.43. The fourth-order valence-electron chi connectivity index (χ4n) is 5.43. The van der Waals surface area contributed by atoms with Crippen molar-refractivity contribution >= 4 is 11.8 Å². The van der Waals surface area contributed by atoms with Crippen LogP contribution in [0.5, 0.6) is 5.75 Å². The molecule has 5 rings (SSSR count). The summed E-state index contributed by atoms with van der Waals surface area (Å²) < 4.78 is 11.3. The summed E-state index contributed by atoms with van der Waals surface area (Å²) in [7, 11) is 0. The van der Waals surface area contributed by atoms with Crippen molar-refractivity contribution in [2.75, 3.05) is 13.2 Å². The quantitative estimate of drug-likeness (QED) is 0.703. The Bertz CT molecular complexity index is 1050. The number of carbonyl (C=O) groups excluding carboxylic acids is 2. The second kappa shape index (κ2) is 9.29. The van der Waals surface area contributed by atoms with Gasteiger partial charge in [-0.2, -0.15) is 0 Å². The van der Waals surface area contributed by atoms with E-state index in [9.17, 15) is 9.59 Å². The molecule has 1 aromatic carbocycles. The molecule has 0 unspecified atom stereocenters. The number of aryl methyl sites for hydroxylation is 1. The van der Waals surface area contributed by atoms with E-state index in [-0.39, 0.29) is 30.3 Å². The summed E-state index contributed by atoms with van der Waals surface area (Å²) in [4.78, 5) is 33.1. The molecule has 3 atom stereocenters. The van der Waals surface area contributed by atoms with Gasteiger partial charge in [0.2, 0.25) is 5.91 Å². The minimum Gasteiger partial charge on any atom is -0.494 e. The molecule has 8 heteroatoms. The predicted octanol–water partition coefficient (Wildman–Crippen LogP) is 2.87. The van der Waals surface area contributed by atoms with Gasteiger partial charge in [0.15, 0.2) is 5.89 Å². The summed E-state index contributed by atoms with van der Waals surface area (Å²) in [6, 6.07) is 7.35. The number of hydrogen-bond acceptors (Lipinski definition) is 6. The lowest BCUT2D eigenvalue weighted by Crippen LogP contribution is -2.53. The number of amides is 2. The molecule has 1 saturated carbocycles. The van der Waals surface area contributed by atoms with E-state index in [0.717, 1.165) is 36.9 Å². The minimum absolute atomic E-state index is 0.00310. The number of benzene rings is 1. The van der Waals surface area contributed by atoms with Gasteiger partial charge in [-0.25, -0.2) is 4.98 Å². The van der Waals surface area contributed by atoms with Gasteiger partial charge >= 0.3 is 0 Å². The Labute approximate surface area is 193 Å². The van der Waals surface area contributed by atoms with Gasteiger partial charge < -0.3 is 24.7 Å². The molecule has 1 fully saturated rings. The number of hydrogen-bond donors (Lipinski definition) is 2. The Balaban J connectivity index is 1.60. The van der Waals surface area contributed by atoms with Crippen molar-refractivity contribution < 1.29 is 18.7 Å². The summed E-state index contributed by atoms with van der Waals surface area (Å²) in [6.07, 6.45) is 7.84. The molecule has 2 aromatic rings. The second-order valence-electron chi connectivity index (χ2n) is 8.78. The average Bonchev–Trinajstić information content (AvgIpc) is 3.44. The predicted molar refractivity (Wildman–Crippen MR) is 121 cm³/mol. The molecule has 174 valence electrons. The van der Waals surface area contributed by atoms with Gasteiger partial charge in [0, 0.05) is 30.1 Å². The zero-order chi connectivity index (χ0) is 22.8. The first-order valence-corrected chi connectivity index (χ1v) is 11.9. The highest BCUT2D eigenvalue weighted by molar-refractivity contribution is 5.99. The molecule has 0 saturated heterocycles. The number of rotatable bonds is 6. The second-order valence-corrected chi connectivity index (χ2v) is 8.78. The van der Waals surface area contributed by atoms with Crippen LogP contribution in [-0.4, -0.2) is 46.9 Å². The van der Waals surface area contributed by atoms with E-state index in [1.165, 1.54) is 6.26 Å². The van der Waals surface area contributed by atoms with Crippen molar-refractivity contribution in [3.05, 3.63) is 59.4 Å². The van der Waals surface area contributed by atoms with Crippen LogP contribution in [0.2, 0.25) is 0 Å². The van der Waals surface area contributed by atoms with E-state index in [4.69, 9.17) is 9.15 Å². The number of aromatic nitrogens is 1. The van der Waals surface area contributed by atoms with Crippen LogP contribution in [0.15, 0.2) is 52.4 Å². The smallest absolute Gasteiger partial charge is 0.251 e. The van der Waals surface area contributed by atoms with Crippen LogP contribution in [0, 0.1) is 0 Å². The van der Waals surface area contributed by atoms with Crippen molar-refractivity contribution in [2.24, 2.45) is 0 Å². The van der Waals surface area contributed by atoms with E-state index in [0.29, 0.717) is 36.8 Å².